The third-order valence-electron chi connectivity index (χ3n) is 6.54. The summed E-state index contributed by atoms with van der Waals surface area (Å²) in [7, 11) is 0. The second-order valence-corrected chi connectivity index (χ2v) is 8.73. The Kier molecular flexibility index (Phi) is 6.16. The average molecular weight is 475 g/mol. The van der Waals surface area contributed by atoms with Crippen LogP contribution in [0.5, 0.6) is 0 Å². The van der Waals surface area contributed by atoms with E-state index in [0.29, 0.717) is 18.5 Å². The van der Waals surface area contributed by atoms with Gasteiger partial charge in [-0.05, 0) is 17.5 Å². The molecule has 2 aromatic heterocycles. The molecule has 0 unspecified atom stereocenters. The fourth-order valence-electron chi connectivity index (χ4n) is 4.69. The number of rotatable bonds is 7. The van der Waals surface area contributed by atoms with Crippen LogP contribution in [0.3, 0.4) is 0 Å². The number of nitrogens with two attached hydrogens (primary N) is 1. The fourth-order valence-corrected chi connectivity index (χ4v) is 4.69. The Morgan fingerprint density at radius 2 is 1.66 bits per heavy atom. The van der Waals surface area contributed by atoms with Crippen LogP contribution in [0.4, 0.5) is 5.82 Å². The smallest absolute Gasteiger partial charge is 0.374 e. The van der Waals surface area contributed by atoms with Gasteiger partial charge in [0, 0.05) is 18.5 Å². The molecular formula is C25H26N6O4. The molecule has 180 valence electrons. The number of nitrogens with zero attached hydrogens (tertiary/aromatic N) is 4. The van der Waals surface area contributed by atoms with Gasteiger partial charge in [-0.1, -0.05) is 60.7 Å². The molecule has 1 saturated carbocycles. The molecule has 1 aliphatic carbocycles. The number of hydrogen-bond donors (Lipinski definition) is 5. The maximum Gasteiger partial charge on any atom is 0.374 e. The second kappa shape index (κ2) is 9.41. The van der Waals surface area contributed by atoms with E-state index in [-0.39, 0.29) is 17.4 Å². The Morgan fingerprint density at radius 1 is 1.03 bits per heavy atom. The van der Waals surface area contributed by atoms with Gasteiger partial charge in [-0.3, -0.25) is 0 Å². The van der Waals surface area contributed by atoms with E-state index in [1.165, 1.54) is 6.33 Å². The molecule has 10 heteroatoms. The maximum absolute atomic E-state index is 11.8. The van der Waals surface area contributed by atoms with Crippen LogP contribution in [0.25, 0.3) is 11.2 Å². The van der Waals surface area contributed by atoms with Crippen LogP contribution in [-0.2, 0) is 0 Å². The standard InChI is InChI=1S/C25H26N6O4/c26-17-11-18(21(33)20(17)32)31-13-28-19-22(29-23(25(34)35)30-24(19)31)27-12-16(14-7-3-1-4-8-14)15-9-5-2-6-10-15/h1-10,13,16-18,20-21,32-33H,11-12,26H2,(H,34,35)(H,27,29,30)/t17-,18+,20+,21-/m0/s1. The van der Waals surface area contributed by atoms with Crippen LogP contribution in [0.2, 0.25) is 0 Å². The van der Waals surface area contributed by atoms with Crippen molar-refractivity contribution in [2.45, 2.75) is 36.6 Å². The molecular weight excluding hydrogens is 448 g/mol. The van der Waals surface area contributed by atoms with Crippen molar-refractivity contribution < 1.29 is 20.1 Å². The summed E-state index contributed by atoms with van der Waals surface area (Å²) in [5.41, 5.74) is 8.74. The minimum absolute atomic E-state index is 0.0254. The number of benzene rings is 2. The number of aliphatic hydroxyl groups is 2. The van der Waals surface area contributed by atoms with E-state index >= 15 is 0 Å². The quantitative estimate of drug-likeness (QED) is 0.269. The first-order chi connectivity index (χ1) is 16.9. The largest absolute Gasteiger partial charge is 0.475 e. The molecule has 0 spiro atoms. The molecule has 0 bridgehead atoms. The van der Waals surface area contributed by atoms with E-state index in [1.807, 2.05) is 60.7 Å². The number of aromatic nitrogens is 4. The van der Waals surface area contributed by atoms with Gasteiger partial charge in [0.2, 0.25) is 5.82 Å². The van der Waals surface area contributed by atoms with Crippen molar-refractivity contribution >= 4 is 23.0 Å². The Bertz CT molecular complexity index is 1290. The van der Waals surface area contributed by atoms with Gasteiger partial charge in [0.25, 0.3) is 0 Å². The highest BCUT2D eigenvalue weighted by atomic mass is 16.4. The lowest BCUT2D eigenvalue weighted by Crippen LogP contribution is -2.35. The lowest BCUT2D eigenvalue weighted by Gasteiger charge is -2.20. The maximum atomic E-state index is 11.8. The van der Waals surface area contributed by atoms with Gasteiger partial charge in [0.15, 0.2) is 11.5 Å². The summed E-state index contributed by atoms with van der Waals surface area (Å²) in [4.78, 5) is 24.6. The minimum Gasteiger partial charge on any atom is -0.475 e. The Hall–Kier alpha value is -3.86. The molecule has 0 aliphatic heterocycles. The third-order valence-corrected chi connectivity index (χ3v) is 6.54. The molecule has 4 aromatic rings. The van der Waals surface area contributed by atoms with Crippen molar-refractivity contribution in [3.05, 3.63) is 83.9 Å². The first-order valence-electron chi connectivity index (χ1n) is 11.4. The summed E-state index contributed by atoms with van der Waals surface area (Å²) >= 11 is 0. The number of anilines is 1. The van der Waals surface area contributed by atoms with Crippen molar-refractivity contribution in [2.75, 3.05) is 11.9 Å². The number of aliphatic hydroxyl groups excluding tert-OH is 2. The van der Waals surface area contributed by atoms with Crippen molar-refractivity contribution in [1.29, 1.82) is 0 Å². The predicted molar refractivity (Wildman–Crippen MR) is 129 cm³/mol. The van der Waals surface area contributed by atoms with Crippen molar-refractivity contribution in [1.82, 2.24) is 19.5 Å². The van der Waals surface area contributed by atoms with E-state index < -0.39 is 36.1 Å². The lowest BCUT2D eigenvalue weighted by molar-refractivity contribution is 0.0187. The second-order valence-electron chi connectivity index (χ2n) is 8.73. The highest BCUT2D eigenvalue weighted by Crippen LogP contribution is 2.33. The summed E-state index contributed by atoms with van der Waals surface area (Å²) in [5, 5.41) is 33.5. The molecule has 5 rings (SSSR count). The predicted octanol–water partition coefficient (Wildman–Crippen LogP) is 1.76. The van der Waals surface area contributed by atoms with Crippen LogP contribution >= 0.6 is 0 Å². The van der Waals surface area contributed by atoms with Gasteiger partial charge in [0.1, 0.15) is 11.6 Å². The number of nitrogens with one attached hydrogen (secondary N) is 1. The van der Waals surface area contributed by atoms with E-state index in [2.05, 4.69) is 20.3 Å². The molecule has 4 atom stereocenters. The normalized spacial score (nSPS) is 22.1. The van der Waals surface area contributed by atoms with Crippen LogP contribution < -0.4 is 11.1 Å². The first-order valence-corrected chi connectivity index (χ1v) is 11.4. The monoisotopic (exact) mass is 474 g/mol. The SMILES string of the molecule is N[C@H]1C[C@@H](n2cnc3c(NCC(c4ccccc4)c4ccccc4)nc(C(=O)O)nc32)[C@H](O)[C@@H]1O. The molecule has 0 radical (unpaired) electrons. The molecule has 1 fully saturated rings. The Balaban J connectivity index is 1.52. The summed E-state index contributed by atoms with van der Waals surface area (Å²) in [6, 6.07) is 18.8. The third kappa shape index (κ3) is 4.34. The van der Waals surface area contributed by atoms with Gasteiger partial charge in [-0.25, -0.2) is 19.7 Å². The highest BCUT2D eigenvalue weighted by Gasteiger charge is 2.41. The molecule has 1 aliphatic rings. The van der Waals surface area contributed by atoms with Gasteiger partial charge < -0.3 is 30.9 Å². The zero-order valence-electron chi connectivity index (χ0n) is 18.8. The van der Waals surface area contributed by atoms with Gasteiger partial charge in [0.05, 0.1) is 18.5 Å². The number of hydrogen-bond acceptors (Lipinski definition) is 8. The van der Waals surface area contributed by atoms with E-state index in [9.17, 15) is 20.1 Å². The molecule has 0 saturated heterocycles. The molecule has 35 heavy (non-hydrogen) atoms. The molecule has 6 N–H and O–H groups in total. The Labute approximate surface area is 201 Å². The Morgan fingerprint density at radius 3 is 2.20 bits per heavy atom. The summed E-state index contributed by atoms with van der Waals surface area (Å²) in [6.07, 6.45) is -0.441. The van der Waals surface area contributed by atoms with Crippen LogP contribution in [0.1, 0.15) is 40.1 Å². The summed E-state index contributed by atoms with van der Waals surface area (Å²) in [6.45, 7) is 0.432. The van der Waals surface area contributed by atoms with Gasteiger partial charge in [-0.2, -0.15) is 0 Å². The summed E-state index contributed by atoms with van der Waals surface area (Å²) < 4.78 is 1.57. The van der Waals surface area contributed by atoms with Gasteiger partial charge in [-0.15, -0.1) is 0 Å². The molecule has 2 heterocycles. The molecule has 10 nitrogen and oxygen atoms in total. The van der Waals surface area contributed by atoms with Crippen molar-refractivity contribution in [3.8, 4) is 0 Å². The van der Waals surface area contributed by atoms with Crippen LogP contribution in [0, 0.1) is 0 Å². The van der Waals surface area contributed by atoms with E-state index in [0.717, 1.165) is 11.1 Å². The average Bonchev–Trinajstić information content (AvgIpc) is 3.41. The topological polar surface area (TPSA) is 159 Å². The minimum atomic E-state index is -1.28. The number of fused-ring (bicyclic) bond motifs is 1. The molecule has 0 amide bonds. The zero-order valence-corrected chi connectivity index (χ0v) is 18.8. The van der Waals surface area contributed by atoms with Crippen molar-refractivity contribution in [3.63, 3.8) is 0 Å². The van der Waals surface area contributed by atoms with Gasteiger partial charge >= 0.3 is 5.97 Å². The van der Waals surface area contributed by atoms with E-state index in [4.69, 9.17) is 5.73 Å². The van der Waals surface area contributed by atoms with E-state index in [1.54, 1.807) is 4.57 Å². The molecule has 2 aromatic carbocycles. The fraction of sp³-hybridized carbons (Fsp3) is 0.280. The number of carboxylic acid groups (broad SMARTS) is 1. The summed E-state index contributed by atoms with van der Waals surface area (Å²) in [5.74, 6) is -1.42. The lowest BCUT2D eigenvalue weighted by atomic mass is 9.91. The number of imidazole rings is 1. The number of carboxylic acids is 1. The highest BCUT2D eigenvalue weighted by molar-refractivity contribution is 5.90. The first kappa shape index (κ1) is 22.9. The zero-order chi connectivity index (χ0) is 24.5. The number of carbonyl (C=O) groups is 1. The van der Waals surface area contributed by atoms with Crippen LogP contribution in [0.15, 0.2) is 67.0 Å². The number of aromatic carboxylic acids is 1. The van der Waals surface area contributed by atoms with Crippen molar-refractivity contribution in [2.24, 2.45) is 5.73 Å². The van der Waals surface area contributed by atoms with Crippen LogP contribution in [-0.4, -0.2) is 65.6 Å².